The fraction of sp³-hybridized carbons (Fsp3) is 0.947. The molecule has 0 spiro atoms. The third-order valence-electron chi connectivity index (χ3n) is 4.15. The van der Waals surface area contributed by atoms with Crippen molar-refractivity contribution in [1.29, 1.82) is 0 Å². The fourth-order valence-corrected chi connectivity index (χ4v) is 2.78. The predicted molar refractivity (Wildman–Crippen MR) is 89.5 cm³/mol. The minimum atomic E-state index is 1.36. The summed E-state index contributed by atoms with van der Waals surface area (Å²) in [6.45, 7) is 6.92. The van der Waals surface area contributed by atoms with Gasteiger partial charge in [-0.1, -0.05) is 97.8 Å². The summed E-state index contributed by atoms with van der Waals surface area (Å²) in [6.07, 6.45) is 21.4. The summed E-state index contributed by atoms with van der Waals surface area (Å²) in [4.78, 5) is 0. The maximum Gasteiger partial charge on any atom is -0.0241 e. The van der Waals surface area contributed by atoms with Crippen molar-refractivity contribution >= 4 is 0 Å². The van der Waals surface area contributed by atoms with E-state index < -0.39 is 0 Å². The number of hydrogen-bond acceptors (Lipinski definition) is 0. The van der Waals surface area contributed by atoms with Crippen LogP contribution in [0.25, 0.3) is 0 Å². The monoisotopic (exact) mass is 267 g/mol. The molecular weight excluding hydrogens is 228 g/mol. The van der Waals surface area contributed by atoms with Crippen molar-refractivity contribution in [3.05, 3.63) is 5.92 Å². The van der Waals surface area contributed by atoms with Gasteiger partial charge in [0.2, 0.25) is 0 Å². The van der Waals surface area contributed by atoms with E-state index >= 15 is 0 Å². The summed E-state index contributed by atoms with van der Waals surface area (Å²) < 4.78 is 0. The first-order chi connectivity index (χ1) is 9.35. The van der Waals surface area contributed by atoms with E-state index in [0.29, 0.717) is 0 Å². The Bertz CT molecular complexity index is 140. The lowest BCUT2D eigenvalue weighted by Crippen LogP contribution is -1.99. The van der Waals surface area contributed by atoms with E-state index in [2.05, 4.69) is 20.8 Å². The van der Waals surface area contributed by atoms with Crippen LogP contribution in [0.2, 0.25) is 0 Å². The molecule has 0 saturated carbocycles. The van der Waals surface area contributed by atoms with E-state index in [1.165, 1.54) is 96.3 Å². The molecule has 0 aromatic rings. The molecule has 0 rings (SSSR count). The Balaban J connectivity index is 3.58. The summed E-state index contributed by atoms with van der Waals surface area (Å²) in [5.41, 5.74) is 0. The molecule has 0 nitrogen and oxygen atoms in total. The van der Waals surface area contributed by atoms with E-state index in [1.807, 2.05) is 5.92 Å². The number of rotatable bonds is 15. The highest BCUT2D eigenvalue weighted by Gasteiger charge is 2.08. The van der Waals surface area contributed by atoms with Gasteiger partial charge in [-0.2, -0.15) is 0 Å². The van der Waals surface area contributed by atoms with Crippen molar-refractivity contribution in [2.45, 2.75) is 117 Å². The van der Waals surface area contributed by atoms with Gasteiger partial charge >= 0.3 is 0 Å². The molecule has 0 aromatic carbocycles. The van der Waals surface area contributed by atoms with Gasteiger partial charge in [0.05, 0.1) is 0 Å². The van der Waals surface area contributed by atoms with Crippen LogP contribution in [0.3, 0.4) is 0 Å². The predicted octanol–water partition coefficient (Wildman–Crippen LogP) is 7.47. The summed E-state index contributed by atoms with van der Waals surface area (Å²) in [5, 5.41) is 0. The van der Waals surface area contributed by atoms with Crippen LogP contribution in [0, 0.1) is 5.92 Å². The van der Waals surface area contributed by atoms with Crippen molar-refractivity contribution in [3.8, 4) is 0 Å². The van der Waals surface area contributed by atoms with Crippen molar-refractivity contribution in [1.82, 2.24) is 0 Å². The molecule has 0 unspecified atom stereocenters. The molecule has 0 atom stereocenters. The first kappa shape index (κ1) is 19.0. The molecule has 0 heterocycles. The molecule has 115 valence electrons. The van der Waals surface area contributed by atoms with Crippen LogP contribution >= 0.6 is 0 Å². The van der Waals surface area contributed by atoms with Gasteiger partial charge in [0.25, 0.3) is 0 Å². The largest absolute Gasteiger partial charge is 0.0654 e. The summed E-state index contributed by atoms with van der Waals surface area (Å²) in [7, 11) is 0. The smallest absolute Gasteiger partial charge is 0.0241 e. The number of hydrogen-bond donors (Lipinski definition) is 0. The lowest BCUT2D eigenvalue weighted by Gasteiger charge is -2.16. The number of unbranched alkanes of at least 4 members (excludes halogenated alkanes) is 9. The maximum absolute atomic E-state index is 2.31. The average molecular weight is 268 g/mol. The molecule has 1 radical (unpaired) electrons. The fourth-order valence-electron chi connectivity index (χ4n) is 2.78. The molecule has 0 aliphatic rings. The zero-order chi connectivity index (χ0) is 14.2. The highest BCUT2D eigenvalue weighted by molar-refractivity contribution is 4.89. The first-order valence-electron chi connectivity index (χ1n) is 9.18. The van der Waals surface area contributed by atoms with Gasteiger partial charge in [-0.3, -0.25) is 0 Å². The van der Waals surface area contributed by atoms with Crippen molar-refractivity contribution in [3.63, 3.8) is 0 Å². The van der Waals surface area contributed by atoms with Crippen LogP contribution in [0.5, 0.6) is 0 Å². The van der Waals surface area contributed by atoms with E-state index in [4.69, 9.17) is 0 Å². The topological polar surface area (TPSA) is 0 Å². The molecule has 0 aliphatic heterocycles. The Morgan fingerprint density at radius 2 is 0.737 bits per heavy atom. The van der Waals surface area contributed by atoms with E-state index in [0.717, 1.165) is 0 Å². The van der Waals surface area contributed by atoms with Crippen LogP contribution in [0.4, 0.5) is 0 Å². The summed E-state index contributed by atoms with van der Waals surface area (Å²) >= 11 is 0. The molecule has 0 saturated heterocycles. The van der Waals surface area contributed by atoms with Gasteiger partial charge in [0.15, 0.2) is 0 Å². The second-order valence-corrected chi connectivity index (χ2v) is 6.18. The van der Waals surface area contributed by atoms with Crippen LogP contribution in [-0.4, -0.2) is 0 Å². The molecule has 0 bridgehead atoms. The zero-order valence-electron chi connectivity index (χ0n) is 14.1. The standard InChI is InChI=1S/C19H39/c1-4-7-10-11-12-15-18-19(16-13-8-5-2)17-14-9-6-3/h4-18H2,1-3H3. The van der Waals surface area contributed by atoms with Gasteiger partial charge in [-0.15, -0.1) is 0 Å². The third kappa shape index (κ3) is 14.2. The molecular formula is C19H39. The second kappa shape index (κ2) is 16.1. The normalized spacial score (nSPS) is 11.4. The average Bonchev–Trinajstić information content (AvgIpc) is 2.42. The Hall–Kier alpha value is 0. The van der Waals surface area contributed by atoms with Gasteiger partial charge in [0, 0.05) is 0 Å². The van der Waals surface area contributed by atoms with E-state index in [9.17, 15) is 0 Å². The minimum absolute atomic E-state index is 1.36. The molecule has 0 fully saturated rings. The molecule has 0 heteroatoms. The molecule has 19 heavy (non-hydrogen) atoms. The van der Waals surface area contributed by atoms with Crippen molar-refractivity contribution in [2.75, 3.05) is 0 Å². The van der Waals surface area contributed by atoms with Crippen molar-refractivity contribution in [2.24, 2.45) is 0 Å². The van der Waals surface area contributed by atoms with Crippen LogP contribution in [0.15, 0.2) is 0 Å². The van der Waals surface area contributed by atoms with Crippen LogP contribution in [-0.2, 0) is 0 Å². The minimum Gasteiger partial charge on any atom is -0.0654 e. The Labute approximate surface area is 123 Å². The lowest BCUT2D eigenvalue weighted by molar-refractivity contribution is 0.529. The van der Waals surface area contributed by atoms with Gasteiger partial charge in [-0.25, -0.2) is 0 Å². The van der Waals surface area contributed by atoms with E-state index in [-0.39, 0.29) is 0 Å². The van der Waals surface area contributed by atoms with Gasteiger partial charge < -0.3 is 0 Å². The van der Waals surface area contributed by atoms with Gasteiger partial charge in [-0.05, 0) is 25.2 Å². The Morgan fingerprint density at radius 1 is 0.421 bits per heavy atom. The quantitative estimate of drug-likeness (QED) is 0.270. The van der Waals surface area contributed by atoms with Gasteiger partial charge in [0.1, 0.15) is 0 Å². The van der Waals surface area contributed by atoms with Crippen LogP contribution < -0.4 is 0 Å². The maximum atomic E-state index is 2.31. The van der Waals surface area contributed by atoms with Crippen molar-refractivity contribution < 1.29 is 0 Å². The van der Waals surface area contributed by atoms with E-state index in [1.54, 1.807) is 0 Å². The Kier molecular flexibility index (Phi) is 16.1. The molecule has 0 N–H and O–H groups in total. The zero-order valence-corrected chi connectivity index (χ0v) is 14.1. The highest BCUT2D eigenvalue weighted by Crippen LogP contribution is 2.25. The summed E-state index contributed by atoms with van der Waals surface area (Å²) in [6, 6.07) is 0. The molecule has 0 aromatic heterocycles. The first-order valence-corrected chi connectivity index (χ1v) is 9.18. The van der Waals surface area contributed by atoms with Crippen LogP contribution in [0.1, 0.15) is 117 Å². The molecule has 0 aliphatic carbocycles. The second-order valence-electron chi connectivity index (χ2n) is 6.18. The summed E-state index contributed by atoms with van der Waals surface area (Å²) in [5.74, 6) is 1.89. The SMILES string of the molecule is CCCCCCCC[C](CCCCC)CCCCC. The lowest BCUT2D eigenvalue weighted by atomic mass is 9.90. The third-order valence-corrected chi connectivity index (χ3v) is 4.15. The Morgan fingerprint density at radius 3 is 1.21 bits per heavy atom. The highest BCUT2D eigenvalue weighted by atomic mass is 14.1. The molecule has 0 amide bonds.